The van der Waals surface area contributed by atoms with E-state index in [-0.39, 0.29) is 0 Å². The maximum absolute atomic E-state index is 4.42. The molecular weight excluding hydrogens is 196 g/mol. The molecule has 0 unspecified atom stereocenters. The summed E-state index contributed by atoms with van der Waals surface area (Å²) >= 11 is 0. The minimum absolute atomic E-state index is 1.10. The largest absolute Gasteiger partial charge is 0.333 e. The van der Waals surface area contributed by atoms with Crippen LogP contribution in [0.2, 0.25) is 0 Å². The van der Waals surface area contributed by atoms with Gasteiger partial charge in [-0.3, -0.25) is 0 Å². The highest BCUT2D eigenvalue weighted by Gasteiger charge is 2.00. The fourth-order valence-corrected chi connectivity index (χ4v) is 2.09. The van der Waals surface area contributed by atoms with E-state index in [1.807, 2.05) is 12.3 Å². The lowest BCUT2D eigenvalue weighted by atomic mass is 10.1. The van der Waals surface area contributed by atoms with Gasteiger partial charge in [-0.15, -0.1) is 0 Å². The molecule has 0 spiro atoms. The lowest BCUT2D eigenvalue weighted by Gasteiger charge is -2.04. The highest BCUT2D eigenvalue weighted by molar-refractivity contribution is 5.75. The zero-order chi connectivity index (χ0) is 11.2. The third kappa shape index (κ3) is 2.63. The van der Waals surface area contributed by atoms with Crippen LogP contribution in [0.25, 0.3) is 11.0 Å². The molecule has 0 bridgehead atoms. The standard InChI is InChI=1S/C14H20N2/c1-2-3-4-5-6-11-16-12-9-13-8-7-10-15-14(13)16/h7-10,12H,2-6,11H2,1H3. The highest BCUT2D eigenvalue weighted by atomic mass is 15.0. The number of hydrogen-bond donors (Lipinski definition) is 0. The Kier molecular flexibility index (Phi) is 3.97. The average Bonchev–Trinajstić information content (AvgIpc) is 2.73. The summed E-state index contributed by atoms with van der Waals surface area (Å²) < 4.78 is 2.27. The van der Waals surface area contributed by atoms with Crippen molar-refractivity contribution in [3.8, 4) is 0 Å². The SMILES string of the molecule is CCCCCCCn1ccc2cccnc21. The molecule has 0 fully saturated rings. The van der Waals surface area contributed by atoms with Crippen molar-refractivity contribution in [2.45, 2.75) is 45.6 Å². The first-order chi connectivity index (χ1) is 7.92. The smallest absolute Gasteiger partial charge is 0.139 e. The van der Waals surface area contributed by atoms with Crippen molar-refractivity contribution in [2.24, 2.45) is 0 Å². The molecule has 0 saturated carbocycles. The Hall–Kier alpha value is -1.31. The quantitative estimate of drug-likeness (QED) is 0.667. The molecule has 2 aromatic rings. The lowest BCUT2D eigenvalue weighted by Crippen LogP contribution is -1.97. The summed E-state index contributed by atoms with van der Waals surface area (Å²) in [5, 5.41) is 1.25. The number of hydrogen-bond acceptors (Lipinski definition) is 1. The van der Waals surface area contributed by atoms with Gasteiger partial charge in [0.25, 0.3) is 0 Å². The molecule has 2 rings (SSSR count). The van der Waals surface area contributed by atoms with Crippen molar-refractivity contribution < 1.29 is 0 Å². The van der Waals surface area contributed by atoms with Crippen molar-refractivity contribution in [3.63, 3.8) is 0 Å². The van der Waals surface area contributed by atoms with E-state index in [0.29, 0.717) is 0 Å². The summed E-state index contributed by atoms with van der Waals surface area (Å²) in [6, 6.07) is 6.26. The van der Waals surface area contributed by atoms with E-state index >= 15 is 0 Å². The van der Waals surface area contributed by atoms with E-state index in [2.05, 4.69) is 34.8 Å². The number of nitrogens with zero attached hydrogens (tertiary/aromatic N) is 2. The van der Waals surface area contributed by atoms with Crippen molar-refractivity contribution in [3.05, 3.63) is 30.6 Å². The van der Waals surface area contributed by atoms with Crippen LogP contribution in [0, 0.1) is 0 Å². The Morgan fingerprint density at radius 1 is 1.12 bits per heavy atom. The van der Waals surface area contributed by atoms with Crippen molar-refractivity contribution in [2.75, 3.05) is 0 Å². The molecule has 0 aliphatic rings. The molecule has 2 heteroatoms. The third-order valence-corrected chi connectivity index (χ3v) is 3.03. The number of unbranched alkanes of at least 4 members (excludes halogenated alkanes) is 4. The molecule has 2 aromatic heterocycles. The maximum Gasteiger partial charge on any atom is 0.139 e. The molecular formula is C14H20N2. The van der Waals surface area contributed by atoms with E-state index in [1.54, 1.807) is 0 Å². The van der Waals surface area contributed by atoms with Crippen LogP contribution < -0.4 is 0 Å². The summed E-state index contributed by atoms with van der Waals surface area (Å²) in [6.45, 7) is 3.35. The molecule has 0 amide bonds. The van der Waals surface area contributed by atoms with E-state index in [1.165, 1.54) is 37.5 Å². The Morgan fingerprint density at radius 3 is 2.88 bits per heavy atom. The molecule has 0 aromatic carbocycles. The Labute approximate surface area is 97.3 Å². The van der Waals surface area contributed by atoms with E-state index in [4.69, 9.17) is 0 Å². The van der Waals surface area contributed by atoms with Gasteiger partial charge in [0.1, 0.15) is 5.65 Å². The van der Waals surface area contributed by atoms with Crippen LogP contribution >= 0.6 is 0 Å². The highest BCUT2D eigenvalue weighted by Crippen LogP contribution is 2.13. The lowest BCUT2D eigenvalue weighted by molar-refractivity contribution is 0.575. The number of aromatic nitrogens is 2. The Bertz CT molecular complexity index is 431. The normalized spacial score (nSPS) is 11.1. The fraction of sp³-hybridized carbons (Fsp3) is 0.500. The van der Waals surface area contributed by atoms with Gasteiger partial charge in [0.15, 0.2) is 0 Å². The van der Waals surface area contributed by atoms with Crippen LogP contribution in [0.3, 0.4) is 0 Å². The summed E-state index contributed by atoms with van der Waals surface area (Å²) in [7, 11) is 0. The summed E-state index contributed by atoms with van der Waals surface area (Å²) in [4.78, 5) is 4.42. The number of pyridine rings is 1. The Balaban J connectivity index is 1.89. The van der Waals surface area contributed by atoms with Crippen LogP contribution in [0.5, 0.6) is 0 Å². The molecule has 86 valence electrons. The zero-order valence-electron chi connectivity index (χ0n) is 10.0. The molecule has 0 N–H and O–H groups in total. The predicted molar refractivity (Wildman–Crippen MR) is 68.5 cm³/mol. The minimum atomic E-state index is 1.10. The van der Waals surface area contributed by atoms with Gasteiger partial charge in [-0.1, -0.05) is 32.6 Å². The third-order valence-electron chi connectivity index (χ3n) is 3.03. The summed E-state index contributed by atoms with van der Waals surface area (Å²) in [5.74, 6) is 0. The molecule has 16 heavy (non-hydrogen) atoms. The second kappa shape index (κ2) is 5.69. The predicted octanol–water partition coefficient (Wildman–Crippen LogP) is 4.01. The number of fused-ring (bicyclic) bond motifs is 1. The van der Waals surface area contributed by atoms with Gasteiger partial charge in [-0.2, -0.15) is 0 Å². The van der Waals surface area contributed by atoms with Gasteiger partial charge in [0.05, 0.1) is 0 Å². The molecule has 0 radical (unpaired) electrons. The van der Waals surface area contributed by atoms with Gasteiger partial charge in [-0.05, 0) is 24.6 Å². The summed E-state index contributed by atoms with van der Waals surface area (Å²) in [6.07, 6.45) is 10.7. The van der Waals surface area contributed by atoms with Gasteiger partial charge >= 0.3 is 0 Å². The fourth-order valence-electron chi connectivity index (χ4n) is 2.09. The molecule has 0 saturated heterocycles. The second-order valence-corrected chi connectivity index (χ2v) is 4.34. The van der Waals surface area contributed by atoms with E-state index in [9.17, 15) is 0 Å². The van der Waals surface area contributed by atoms with E-state index < -0.39 is 0 Å². The van der Waals surface area contributed by atoms with Gasteiger partial charge in [0, 0.05) is 24.3 Å². The van der Waals surface area contributed by atoms with E-state index in [0.717, 1.165) is 12.2 Å². The zero-order valence-corrected chi connectivity index (χ0v) is 10.0. The van der Waals surface area contributed by atoms with Gasteiger partial charge in [0.2, 0.25) is 0 Å². The first-order valence-corrected chi connectivity index (χ1v) is 6.31. The topological polar surface area (TPSA) is 17.8 Å². The maximum atomic E-state index is 4.42. The molecule has 0 aliphatic heterocycles. The van der Waals surface area contributed by atoms with Crippen LogP contribution in [0.1, 0.15) is 39.0 Å². The molecule has 2 heterocycles. The van der Waals surface area contributed by atoms with Gasteiger partial charge in [-0.25, -0.2) is 4.98 Å². The van der Waals surface area contributed by atoms with Crippen LogP contribution in [0.15, 0.2) is 30.6 Å². The number of rotatable bonds is 6. The minimum Gasteiger partial charge on any atom is -0.333 e. The first kappa shape index (κ1) is 11.2. The monoisotopic (exact) mass is 216 g/mol. The molecule has 2 nitrogen and oxygen atoms in total. The Morgan fingerprint density at radius 2 is 2.00 bits per heavy atom. The first-order valence-electron chi connectivity index (χ1n) is 6.31. The van der Waals surface area contributed by atoms with Gasteiger partial charge < -0.3 is 4.57 Å². The molecule has 0 atom stereocenters. The number of aryl methyl sites for hydroxylation is 1. The molecule has 0 aliphatic carbocycles. The van der Waals surface area contributed by atoms with Crippen molar-refractivity contribution in [1.82, 2.24) is 9.55 Å². The second-order valence-electron chi connectivity index (χ2n) is 4.34. The average molecular weight is 216 g/mol. The van der Waals surface area contributed by atoms with Crippen molar-refractivity contribution >= 4 is 11.0 Å². The van der Waals surface area contributed by atoms with Crippen molar-refractivity contribution in [1.29, 1.82) is 0 Å². The van der Waals surface area contributed by atoms with Crippen LogP contribution in [0.4, 0.5) is 0 Å². The van der Waals surface area contributed by atoms with Crippen LogP contribution in [-0.2, 0) is 6.54 Å². The summed E-state index contributed by atoms with van der Waals surface area (Å²) in [5.41, 5.74) is 1.12. The van der Waals surface area contributed by atoms with Crippen LogP contribution in [-0.4, -0.2) is 9.55 Å².